The molecule has 1 atom stereocenters. The molecule has 0 aliphatic heterocycles. The van der Waals surface area contributed by atoms with E-state index < -0.39 is 0 Å². The van der Waals surface area contributed by atoms with Crippen LogP contribution in [0.15, 0.2) is 0 Å². The molecule has 0 aromatic heterocycles. The second-order valence-electron chi connectivity index (χ2n) is 2.33. The molecule has 0 saturated heterocycles. The van der Waals surface area contributed by atoms with Crippen molar-refractivity contribution in [2.24, 2.45) is 5.92 Å². The van der Waals surface area contributed by atoms with E-state index >= 15 is 0 Å². The molecule has 0 N–H and O–H groups in total. The van der Waals surface area contributed by atoms with E-state index in [4.69, 9.17) is 0 Å². The molecule has 0 bridgehead atoms. The normalized spacial score (nSPS) is 13.9. The lowest BCUT2D eigenvalue weighted by Gasteiger charge is -2.03. The maximum atomic E-state index is 3.20. The van der Waals surface area contributed by atoms with Crippen molar-refractivity contribution in [2.75, 3.05) is 0 Å². The van der Waals surface area contributed by atoms with E-state index in [1.165, 1.54) is 19.3 Å². The molecule has 1 unspecified atom stereocenters. The molecule has 8 heavy (non-hydrogen) atoms. The van der Waals surface area contributed by atoms with Crippen molar-refractivity contribution >= 4 is 0 Å². The van der Waals surface area contributed by atoms with Crippen molar-refractivity contribution in [3.05, 3.63) is 6.42 Å². The largest absolute Gasteiger partial charge is 0.0654 e. The van der Waals surface area contributed by atoms with Crippen molar-refractivity contribution in [1.82, 2.24) is 0 Å². The lowest BCUT2D eigenvalue weighted by Crippen LogP contribution is -1.90. The molecule has 0 spiro atoms. The van der Waals surface area contributed by atoms with Crippen LogP contribution in [0.25, 0.3) is 0 Å². The molecule has 0 aromatic carbocycles. The number of rotatable bonds is 4. The van der Waals surface area contributed by atoms with Crippen LogP contribution in [0, 0.1) is 12.3 Å². The summed E-state index contributed by atoms with van der Waals surface area (Å²) < 4.78 is 0. The quantitative estimate of drug-likeness (QED) is 0.524. The molecule has 0 nitrogen and oxygen atoms in total. The highest BCUT2D eigenvalue weighted by Gasteiger charge is 1.95. The summed E-state index contributed by atoms with van der Waals surface area (Å²) in [7, 11) is 0. The third-order valence-corrected chi connectivity index (χ3v) is 1.48. The van der Waals surface area contributed by atoms with Crippen LogP contribution in [0.3, 0.4) is 0 Å². The number of unbranched alkanes of at least 4 members (excludes halogenated alkanes) is 1. The van der Waals surface area contributed by atoms with Gasteiger partial charge in [-0.15, -0.1) is 0 Å². The van der Waals surface area contributed by atoms with E-state index in [0.717, 1.165) is 0 Å². The van der Waals surface area contributed by atoms with E-state index in [0.29, 0.717) is 5.92 Å². The van der Waals surface area contributed by atoms with Gasteiger partial charge in [0.25, 0.3) is 0 Å². The molecule has 0 heterocycles. The fourth-order valence-electron chi connectivity index (χ4n) is 0.655. The first-order chi connectivity index (χ1) is 3.81. The van der Waals surface area contributed by atoms with Crippen molar-refractivity contribution < 1.29 is 0 Å². The van der Waals surface area contributed by atoms with E-state index in [1.54, 1.807) is 0 Å². The van der Waals surface area contributed by atoms with Gasteiger partial charge in [0, 0.05) is 0 Å². The van der Waals surface area contributed by atoms with Gasteiger partial charge in [0.2, 0.25) is 0 Å². The van der Waals surface area contributed by atoms with Gasteiger partial charge in [-0.3, -0.25) is 0 Å². The molecule has 0 heteroatoms. The fraction of sp³-hybridized carbons (Fsp3) is 0.875. The van der Waals surface area contributed by atoms with Gasteiger partial charge in [0.15, 0.2) is 0 Å². The second-order valence-corrected chi connectivity index (χ2v) is 2.33. The Labute approximate surface area is 53.3 Å². The minimum absolute atomic E-state index is 0.704. The summed E-state index contributed by atoms with van der Waals surface area (Å²) in [5, 5.41) is 0. The molecular weight excluding hydrogens is 96.1 g/mol. The van der Waals surface area contributed by atoms with Gasteiger partial charge in [-0.05, 0) is 12.3 Å². The monoisotopic (exact) mass is 112 g/mol. The summed E-state index contributed by atoms with van der Waals surface area (Å²) in [6, 6.07) is 0. The topological polar surface area (TPSA) is 0 Å². The molecule has 0 aromatic rings. The predicted molar refractivity (Wildman–Crippen MR) is 37.6 cm³/mol. The zero-order chi connectivity index (χ0) is 6.41. The average molecular weight is 112 g/mol. The van der Waals surface area contributed by atoms with E-state index in [9.17, 15) is 0 Å². The van der Waals surface area contributed by atoms with Crippen LogP contribution in [0.5, 0.6) is 0 Å². The Bertz CT molecular complexity index is 39.3. The van der Waals surface area contributed by atoms with Gasteiger partial charge in [-0.1, -0.05) is 40.0 Å². The van der Waals surface area contributed by atoms with Crippen molar-refractivity contribution in [2.45, 2.75) is 40.0 Å². The van der Waals surface area contributed by atoms with Gasteiger partial charge in [-0.25, -0.2) is 0 Å². The Morgan fingerprint density at radius 1 is 1.50 bits per heavy atom. The Kier molecular flexibility index (Phi) is 5.14. The van der Waals surface area contributed by atoms with Crippen molar-refractivity contribution in [3.8, 4) is 0 Å². The Hall–Kier alpha value is 0. The van der Waals surface area contributed by atoms with Crippen molar-refractivity contribution in [3.63, 3.8) is 0 Å². The van der Waals surface area contributed by atoms with Crippen LogP contribution < -0.4 is 0 Å². The van der Waals surface area contributed by atoms with Crippen LogP contribution in [0.2, 0.25) is 0 Å². The summed E-state index contributed by atoms with van der Waals surface area (Å²) in [5.41, 5.74) is 0. The summed E-state index contributed by atoms with van der Waals surface area (Å²) >= 11 is 0. The minimum Gasteiger partial charge on any atom is -0.0654 e. The first kappa shape index (κ1) is 8.00. The zero-order valence-electron chi connectivity index (χ0n) is 6.20. The maximum absolute atomic E-state index is 3.20. The Balaban J connectivity index is 2.86. The highest BCUT2D eigenvalue weighted by molar-refractivity contribution is 4.65. The third-order valence-electron chi connectivity index (χ3n) is 1.48. The first-order valence-electron chi connectivity index (χ1n) is 3.48. The summed E-state index contributed by atoms with van der Waals surface area (Å²) in [5.74, 6) is 0.704. The summed E-state index contributed by atoms with van der Waals surface area (Å²) in [4.78, 5) is 0. The molecule has 0 rings (SSSR count). The van der Waals surface area contributed by atoms with Crippen LogP contribution >= 0.6 is 0 Å². The van der Waals surface area contributed by atoms with Gasteiger partial charge >= 0.3 is 0 Å². The van der Waals surface area contributed by atoms with Crippen LogP contribution in [-0.4, -0.2) is 0 Å². The van der Waals surface area contributed by atoms with Gasteiger partial charge in [0.05, 0.1) is 0 Å². The van der Waals surface area contributed by atoms with E-state index in [1.807, 2.05) is 6.92 Å². The third kappa shape index (κ3) is 4.17. The van der Waals surface area contributed by atoms with Gasteiger partial charge < -0.3 is 0 Å². The lowest BCUT2D eigenvalue weighted by molar-refractivity contribution is 0.567. The number of hydrogen-bond acceptors (Lipinski definition) is 0. The SMILES string of the molecule is C[C]C(C)CCCC. The maximum Gasteiger partial charge on any atom is -0.0176 e. The minimum atomic E-state index is 0.704. The summed E-state index contributed by atoms with van der Waals surface area (Å²) in [6.45, 7) is 6.46. The van der Waals surface area contributed by atoms with Crippen LogP contribution in [0.1, 0.15) is 40.0 Å². The molecule has 0 aliphatic rings. The second kappa shape index (κ2) is 5.14. The molecule has 0 amide bonds. The van der Waals surface area contributed by atoms with Crippen LogP contribution in [0.4, 0.5) is 0 Å². The highest BCUT2D eigenvalue weighted by atomic mass is 14.0. The summed E-state index contributed by atoms with van der Waals surface area (Å²) in [6.07, 6.45) is 7.17. The first-order valence-corrected chi connectivity index (χ1v) is 3.48. The Morgan fingerprint density at radius 2 is 2.12 bits per heavy atom. The zero-order valence-corrected chi connectivity index (χ0v) is 6.20. The standard InChI is InChI=1S/C8H16/c1-4-6-7-8(3)5-2/h8H,4,6-7H2,1-3H3. The highest BCUT2D eigenvalue weighted by Crippen LogP contribution is 2.08. The number of hydrogen-bond donors (Lipinski definition) is 0. The van der Waals surface area contributed by atoms with Gasteiger partial charge in [0.1, 0.15) is 0 Å². The lowest BCUT2D eigenvalue weighted by atomic mass is 10.0. The molecule has 0 saturated carbocycles. The fourth-order valence-corrected chi connectivity index (χ4v) is 0.655. The van der Waals surface area contributed by atoms with Crippen molar-refractivity contribution in [1.29, 1.82) is 0 Å². The average Bonchev–Trinajstić information content (AvgIpc) is 1.83. The predicted octanol–water partition coefficient (Wildman–Crippen LogP) is 2.91. The molecular formula is C8H16. The molecule has 48 valence electrons. The molecule has 2 radical (unpaired) electrons. The Morgan fingerprint density at radius 3 is 2.50 bits per heavy atom. The smallest absolute Gasteiger partial charge is 0.0176 e. The van der Waals surface area contributed by atoms with Gasteiger partial charge in [-0.2, -0.15) is 0 Å². The molecule has 0 aliphatic carbocycles. The van der Waals surface area contributed by atoms with Crippen LogP contribution in [-0.2, 0) is 0 Å². The van der Waals surface area contributed by atoms with E-state index in [-0.39, 0.29) is 0 Å². The molecule has 0 fully saturated rings. The van der Waals surface area contributed by atoms with E-state index in [2.05, 4.69) is 20.3 Å².